The molecule has 0 saturated carbocycles. The summed E-state index contributed by atoms with van der Waals surface area (Å²) in [6, 6.07) is 4.96. The Labute approximate surface area is 108 Å². The molecular formula is C14H22FNO2. The molecule has 1 rings (SSSR count). The second-order valence-corrected chi connectivity index (χ2v) is 4.41. The van der Waals surface area contributed by atoms with Crippen molar-refractivity contribution in [2.24, 2.45) is 5.92 Å². The zero-order valence-electron chi connectivity index (χ0n) is 11.5. The van der Waals surface area contributed by atoms with Gasteiger partial charge in [0.25, 0.3) is 0 Å². The number of halogens is 1. The standard InChI is InChI=1S/C14H22FNO2/c1-10(7-8-17-3)14(16-2)12-6-5-11(18-4)9-13(12)15/h5-6,9-10,14,16H,7-8H2,1-4H3. The molecule has 2 atom stereocenters. The van der Waals surface area contributed by atoms with E-state index in [1.807, 2.05) is 7.05 Å². The number of nitrogens with one attached hydrogen (secondary N) is 1. The molecule has 0 aromatic heterocycles. The van der Waals surface area contributed by atoms with E-state index in [4.69, 9.17) is 9.47 Å². The Morgan fingerprint density at radius 2 is 2.06 bits per heavy atom. The van der Waals surface area contributed by atoms with E-state index in [-0.39, 0.29) is 17.8 Å². The van der Waals surface area contributed by atoms with Crippen molar-refractivity contribution >= 4 is 0 Å². The van der Waals surface area contributed by atoms with Crippen LogP contribution in [-0.2, 0) is 4.74 Å². The summed E-state index contributed by atoms with van der Waals surface area (Å²) in [7, 11) is 5.05. The molecular weight excluding hydrogens is 233 g/mol. The van der Waals surface area contributed by atoms with Crippen molar-refractivity contribution in [3.05, 3.63) is 29.6 Å². The highest BCUT2D eigenvalue weighted by molar-refractivity contribution is 5.31. The van der Waals surface area contributed by atoms with Crippen molar-refractivity contribution in [2.75, 3.05) is 27.9 Å². The topological polar surface area (TPSA) is 30.5 Å². The summed E-state index contributed by atoms with van der Waals surface area (Å²) in [5.41, 5.74) is 0.668. The number of rotatable bonds is 7. The largest absolute Gasteiger partial charge is 0.497 e. The van der Waals surface area contributed by atoms with Crippen molar-refractivity contribution in [3.8, 4) is 5.75 Å². The first kappa shape index (κ1) is 14.9. The second-order valence-electron chi connectivity index (χ2n) is 4.41. The van der Waals surface area contributed by atoms with Crippen LogP contribution in [0.2, 0.25) is 0 Å². The highest BCUT2D eigenvalue weighted by Gasteiger charge is 2.20. The van der Waals surface area contributed by atoms with Gasteiger partial charge >= 0.3 is 0 Å². The number of hydrogen-bond acceptors (Lipinski definition) is 3. The molecule has 4 heteroatoms. The SMILES string of the molecule is CNC(c1ccc(OC)cc1F)C(C)CCOC. The van der Waals surface area contributed by atoms with Crippen LogP contribution in [0.5, 0.6) is 5.75 Å². The van der Waals surface area contributed by atoms with Gasteiger partial charge in [0.15, 0.2) is 0 Å². The van der Waals surface area contributed by atoms with Gasteiger partial charge in [0.05, 0.1) is 7.11 Å². The minimum Gasteiger partial charge on any atom is -0.497 e. The van der Waals surface area contributed by atoms with E-state index in [9.17, 15) is 4.39 Å². The average molecular weight is 255 g/mol. The van der Waals surface area contributed by atoms with Crippen molar-refractivity contribution < 1.29 is 13.9 Å². The Hall–Kier alpha value is -1.13. The normalized spacial score (nSPS) is 14.3. The molecule has 0 spiro atoms. The second kappa shape index (κ2) is 7.34. The van der Waals surface area contributed by atoms with Gasteiger partial charge in [0.2, 0.25) is 0 Å². The van der Waals surface area contributed by atoms with Crippen LogP contribution >= 0.6 is 0 Å². The maximum absolute atomic E-state index is 14.0. The summed E-state index contributed by atoms with van der Waals surface area (Å²) in [5, 5.41) is 3.17. The van der Waals surface area contributed by atoms with Crippen molar-refractivity contribution in [1.29, 1.82) is 0 Å². The van der Waals surface area contributed by atoms with E-state index in [1.54, 1.807) is 19.2 Å². The van der Waals surface area contributed by atoms with Gasteiger partial charge in [0.1, 0.15) is 11.6 Å². The quantitative estimate of drug-likeness (QED) is 0.812. The van der Waals surface area contributed by atoms with Gasteiger partial charge in [-0.15, -0.1) is 0 Å². The number of hydrogen-bond donors (Lipinski definition) is 1. The third kappa shape index (κ3) is 3.68. The third-order valence-electron chi connectivity index (χ3n) is 3.20. The van der Waals surface area contributed by atoms with Gasteiger partial charge in [-0.25, -0.2) is 4.39 Å². The Kier molecular flexibility index (Phi) is 6.09. The lowest BCUT2D eigenvalue weighted by atomic mass is 9.92. The van der Waals surface area contributed by atoms with Gasteiger partial charge in [-0.1, -0.05) is 13.0 Å². The highest BCUT2D eigenvalue weighted by atomic mass is 19.1. The smallest absolute Gasteiger partial charge is 0.131 e. The van der Waals surface area contributed by atoms with Crippen LogP contribution in [0.25, 0.3) is 0 Å². The van der Waals surface area contributed by atoms with Crippen LogP contribution in [0.4, 0.5) is 4.39 Å². The fourth-order valence-corrected chi connectivity index (χ4v) is 2.10. The lowest BCUT2D eigenvalue weighted by molar-refractivity contribution is 0.171. The van der Waals surface area contributed by atoms with Gasteiger partial charge < -0.3 is 14.8 Å². The maximum Gasteiger partial charge on any atom is 0.131 e. The Bertz CT molecular complexity index is 371. The Morgan fingerprint density at radius 3 is 2.56 bits per heavy atom. The molecule has 0 bridgehead atoms. The molecule has 18 heavy (non-hydrogen) atoms. The number of benzene rings is 1. The Balaban J connectivity index is 2.87. The summed E-state index contributed by atoms with van der Waals surface area (Å²) >= 11 is 0. The summed E-state index contributed by atoms with van der Waals surface area (Å²) in [5.74, 6) is 0.589. The first-order valence-electron chi connectivity index (χ1n) is 6.13. The Morgan fingerprint density at radius 1 is 1.33 bits per heavy atom. The molecule has 0 aliphatic rings. The first-order valence-corrected chi connectivity index (χ1v) is 6.13. The van der Waals surface area contributed by atoms with Crippen LogP contribution in [0, 0.1) is 11.7 Å². The average Bonchev–Trinajstić information content (AvgIpc) is 2.38. The molecule has 0 amide bonds. The van der Waals surface area contributed by atoms with E-state index in [2.05, 4.69) is 12.2 Å². The van der Waals surface area contributed by atoms with E-state index in [0.29, 0.717) is 17.9 Å². The van der Waals surface area contributed by atoms with Gasteiger partial charge in [0, 0.05) is 31.4 Å². The lowest BCUT2D eigenvalue weighted by Gasteiger charge is -2.24. The molecule has 1 N–H and O–H groups in total. The summed E-state index contributed by atoms with van der Waals surface area (Å²) in [6.07, 6.45) is 0.882. The molecule has 2 unspecified atom stereocenters. The molecule has 102 valence electrons. The molecule has 0 aliphatic heterocycles. The third-order valence-corrected chi connectivity index (χ3v) is 3.20. The number of methoxy groups -OCH3 is 2. The number of ether oxygens (including phenoxy) is 2. The molecule has 1 aromatic carbocycles. The molecule has 0 heterocycles. The lowest BCUT2D eigenvalue weighted by Crippen LogP contribution is -2.25. The van der Waals surface area contributed by atoms with Crippen molar-refractivity contribution in [3.63, 3.8) is 0 Å². The molecule has 0 radical (unpaired) electrons. The monoisotopic (exact) mass is 255 g/mol. The van der Waals surface area contributed by atoms with Crippen molar-refractivity contribution in [1.82, 2.24) is 5.32 Å². The minimum atomic E-state index is -0.238. The van der Waals surface area contributed by atoms with E-state index < -0.39 is 0 Å². The van der Waals surface area contributed by atoms with Crippen molar-refractivity contribution in [2.45, 2.75) is 19.4 Å². The van der Waals surface area contributed by atoms with Gasteiger partial charge in [-0.3, -0.25) is 0 Å². The highest BCUT2D eigenvalue weighted by Crippen LogP contribution is 2.28. The van der Waals surface area contributed by atoms with E-state index >= 15 is 0 Å². The van der Waals surface area contributed by atoms with Crippen LogP contribution < -0.4 is 10.1 Å². The van der Waals surface area contributed by atoms with Crippen LogP contribution in [0.15, 0.2) is 18.2 Å². The van der Waals surface area contributed by atoms with Crippen LogP contribution in [0.3, 0.4) is 0 Å². The van der Waals surface area contributed by atoms with Gasteiger partial charge in [-0.05, 0) is 25.5 Å². The first-order chi connectivity index (χ1) is 8.63. The van der Waals surface area contributed by atoms with Crippen LogP contribution in [-0.4, -0.2) is 27.9 Å². The molecule has 0 saturated heterocycles. The maximum atomic E-state index is 14.0. The fourth-order valence-electron chi connectivity index (χ4n) is 2.10. The molecule has 3 nitrogen and oxygen atoms in total. The summed E-state index contributed by atoms with van der Waals surface area (Å²) in [4.78, 5) is 0. The van der Waals surface area contributed by atoms with Gasteiger partial charge in [-0.2, -0.15) is 0 Å². The zero-order chi connectivity index (χ0) is 13.5. The predicted molar refractivity (Wildman–Crippen MR) is 70.4 cm³/mol. The molecule has 0 fully saturated rings. The summed E-state index contributed by atoms with van der Waals surface area (Å²) in [6.45, 7) is 2.76. The van der Waals surface area contributed by atoms with E-state index in [0.717, 1.165) is 6.42 Å². The zero-order valence-corrected chi connectivity index (χ0v) is 11.5. The molecule has 1 aromatic rings. The van der Waals surface area contributed by atoms with E-state index in [1.165, 1.54) is 13.2 Å². The predicted octanol–water partition coefficient (Wildman–Crippen LogP) is 2.77. The fraction of sp³-hybridized carbons (Fsp3) is 0.571. The molecule has 0 aliphatic carbocycles. The minimum absolute atomic E-state index is 0.0222. The summed E-state index contributed by atoms with van der Waals surface area (Å²) < 4.78 is 24.1. The van der Waals surface area contributed by atoms with Crippen LogP contribution in [0.1, 0.15) is 24.9 Å².